The van der Waals surface area contributed by atoms with Crippen molar-refractivity contribution < 1.29 is 0 Å². The molecule has 0 atom stereocenters. The first-order chi connectivity index (χ1) is 29.7. The van der Waals surface area contributed by atoms with Gasteiger partial charge in [-0.25, -0.2) is 9.97 Å². The Bertz CT molecular complexity index is 3560. The van der Waals surface area contributed by atoms with Crippen LogP contribution in [0.2, 0.25) is 0 Å². The average molecular weight is 762 g/mol. The van der Waals surface area contributed by atoms with Gasteiger partial charge in [-0.2, -0.15) is 0 Å². The normalized spacial score (nSPS) is 11.7. The van der Waals surface area contributed by atoms with Gasteiger partial charge in [0, 0.05) is 34.6 Å². The minimum Gasteiger partial charge on any atom is -0.264 e. The maximum atomic E-state index is 5.29. The van der Waals surface area contributed by atoms with Crippen molar-refractivity contribution in [3.8, 4) is 67.3 Å². The molecule has 3 heteroatoms. The van der Waals surface area contributed by atoms with Gasteiger partial charge in [0.25, 0.3) is 0 Å². The van der Waals surface area contributed by atoms with E-state index in [4.69, 9.17) is 9.97 Å². The highest BCUT2D eigenvalue weighted by molar-refractivity contribution is 6.25. The van der Waals surface area contributed by atoms with Gasteiger partial charge in [-0.05, 0) is 99.9 Å². The first-order valence-corrected chi connectivity index (χ1v) is 20.4. The largest absolute Gasteiger partial charge is 0.264 e. The summed E-state index contributed by atoms with van der Waals surface area (Å²) >= 11 is 0. The fourth-order valence-electron chi connectivity index (χ4n) is 9.24. The monoisotopic (exact) mass is 761 g/mol. The molecule has 0 saturated heterocycles. The van der Waals surface area contributed by atoms with E-state index < -0.39 is 0 Å². The molecule has 0 unspecified atom stereocenters. The molecule has 2 aromatic heterocycles. The van der Waals surface area contributed by atoms with Crippen molar-refractivity contribution in [3.63, 3.8) is 0 Å². The van der Waals surface area contributed by atoms with Crippen LogP contribution >= 0.6 is 0 Å². The maximum absolute atomic E-state index is 5.29. The summed E-state index contributed by atoms with van der Waals surface area (Å²) < 4.78 is 0. The molecule has 0 aliphatic heterocycles. The van der Waals surface area contributed by atoms with Crippen molar-refractivity contribution in [2.24, 2.45) is 0 Å². The lowest BCUT2D eigenvalue weighted by molar-refractivity contribution is 1.18. The predicted molar refractivity (Wildman–Crippen MR) is 251 cm³/mol. The van der Waals surface area contributed by atoms with Crippen LogP contribution in [-0.4, -0.2) is 15.0 Å². The summed E-state index contributed by atoms with van der Waals surface area (Å²) in [6.45, 7) is 0. The Balaban J connectivity index is 0.982. The van der Waals surface area contributed by atoms with Crippen molar-refractivity contribution in [1.29, 1.82) is 0 Å². The molecule has 0 amide bonds. The fraction of sp³-hybridized carbons (Fsp3) is 0. The highest BCUT2D eigenvalue weighted by atomic mass is 14.9. The number of hydrogen-bond acceptors (Lipinski definition) is 3. The summed E-state index contributed by atoms with van der Waals surface area (Å²) in [6.07, 6.45) is 3.70. The summed E-state index contributed by atoms with van der Waals surface area (Å²) in [7, 11) is 0. The fourth-order valence-corrected chi connectivity index (χ4v) is 9.24. The zero-order chi connectivity index (χ0) is 39.6. The maximum Gasteiger partial charge on any atom is 0.161 e. The summed E-state index contributed by atoms with van der Waals surface area (Å²) in [4.78, 5) is 15.0. The van der Waals surface area contributed by atoms with Gasteiger partial charge in [0.2, 0.25) is 0 Å². The molecular formula is C57H35N3. The molecule has 10 aromatic carbocycles. The predicted octanol–water partition coefficient (Wildman–Crippen LogP) is 15.1. The van der Waals surface area contributed by atoms with Crippen molar-refractivity contribution >= 4 is 53.9 Å². The van der Waals surface area contributed by atoms with Gasteiger partial charge < -0.3 is 0 Å². The van der Waals surface area contributed by atoms with Crippen LogP contribution in [-0.2, 0) is 0 Å². The van der Waals surface area contributed by atoms with Crippen molar-refractivity contribution in [2.45, 2.75) is 0 Å². The second kappa shape index (κ2) is 13.8. The molecule has 278 valence electrons. The Morgan fingerprint density at radius 2 is 0.850 bits per heavy atom. The van der Waals surface area contributed by atoms with Gasteiger partial charge >= 0.3 is 0 Å². The quantitative estimate of drug-likeness (QED) is 0.158. The molecule has 0 saturated carbocycles. The van der Waals surface area contributed by atoms with Crippen LogP contribution in [0, 0.1) is 0 Å². The smallest absolute Gasteiger partial charge is 0.161 e. The SMILES string of the molecule is c1cncc(-c2ccccc2-c2nc(-c3ccc(-c4cc5ccccc5c5ccccc45)cc3)cc(-c3ccc(-c4ccc5ccc6cccc7ccc4c5c67)cc3)n2)c1. The summed E-state index contributed by atoms with van der Waals surface area (Å²) in [5, 5.41) is 12.7. The Labute approximate surface area is 347 Å². The standard InChI is InChI=1S/C57H35N3/c1-2-13-45-43(9-1)33-52(49-16-5-4-15-48(45)49)37-20-24-39(25-21-37)54-34-53(59-57(60-54)51-17-6-3-14-46(51)44-12-8-32-58-35-44)38-22-18-36(19-23-38)47-30-28-42-27-26-40-10-7-11-41-29-31-50(47)56(42)55(40)41/h1-35H. The lowest BCUT2D eigenvalue weighted by atomic mass is 9.89. The van der Waals surface area contributed by atoms with Gasteiger partial charge in [0.05, 0.1) is 11.4 Å². The molecule has 12 aromatic rings. The first-order valence-electron chi connectivity index (χ1n) is 20.4. The van der Waals surface area contributed by atoms with Gasteiger partial charge in [-0.1, -0.05) is 182 Å². The molecular weight excluding hydrogens is 727 g/mol. The molecule has 12 rings (SSSR count). The van der Waals surface area contributed by atoms with E-state index in [0.29, 0.717) is 5.82 Å². The number of fused-ring (bicyclic) bond motifs is 3. The first kappa shape index (κ1) is 34.1. The van der Waals surface area contributed by atoms with E-state index in [2.05, 4.69) is 199 Å². The molecule has 0 bridgehead atoms. The second-order valence-electron chi connectivity index (χ2n) is 15.6. The van der Waals surface area contributed by atoms with E-state index in [9.17, 15) is 0 Å². The van der Waals surface area contributed by atoms with Crippen LogP contribution in [0.3, 0.4) is 0 Å². The molecule has 0 N–H and O–H groups in total. The van der Waals surface area contributed by atoms with Crippen molar-refractivity contribution in [2.75, 3.05) is 0 Å². The number of pyridine rings is 1. The highest BCUT2D eigenvalue weighted by Crippen LogP contribution is 2.41. The van der Waals surface area contributed by atoms with E-state index in [1.165, 1.54) is 76.1 Å². The Kier molecular flexibility index (Phi) is 7.85. The molecule has 3 nitrogen and oxygen atoms in total. The number of aromatic nitrogens is 3. The van der Waals surface area contributed by atoms with E-state index >= 15 is 0 Å². The molecule has 0 spiro atoms. The highest BCUT2D eigenvalue weighted by Gasteiger charge is 2.17. The minimum atomic E-state index is 0.669. The third kappa shape index (κ3) is 5.63. The number of benzene rings is 10. The van der Waals surface area contributed by atoms with Crippen LogP contribution in [0.1, 0.15) is 0 Å². The number of hydrogen-bond donors (Lipinski definition) is 0. The van der Waals surface area contributed by atoms with E-state index in [-0.39, 0.29) is 0 Å². The summed E-state index contributed by atoms with van der Waals surface area (Å²) in [5.74, 6) is 0.669. The van der Waals surface area contributed by atoms with Crippen LogP contribution < -0.4 is 0 Å². The Hall–Kier alpha value is -8.01. The summed E-state index contributed by atoms with van der Waals surface area (Å²) in [6, 6.07) is 72.0. The van der Waals surface area contributed by atoms with Crippen molar-refractivity contribution in [1.82, 2.24) is 15.0 Å². The molecule has 0 fully saturated rings. The second-order valence-corrected chi connectivity index (χ2v) is 15.6. The third-order valence-electron chi connectivity index (χ3n) is 12.1. The van der Waals surface area contributed by atoms with Gasteiger partial charge in [-0.3, -0.25) is 4.98 Å². The zero-order valence-electron chi connectivity index (χ0n) is 32.5. The minimum absolute atomic E-state index is 0.669. The van der Waals surface area contributed by atoms with Crippen LogP contribution in [0.5, 0.6) is 0 Å². The zero-order valence-corrected chi connectivity index (χ0v) is 32.5. The summed E-state index contributed by atoms with van der Waals surface area (Å²) in [5.41, 5.74) is 11.6. The van der Waals surface area contributed by atoms with Crippen molar-refractivity contribution in [3.05, 3.63) is 213 Å². The van der Waals surface area contributed by atoms with Gasteiger partial charge in [0.15, 0.2) is 5.82 Å². The molecule has 60 heavy (non-hydrogen) atoms. The molecule has 0 aliphatic rings. The average Bonchev–Trinajstić information content (AvgIpc) is 3.33. The van der Waals surface area contributed by atoms with Crippen LogP contribution in [0.15, 0.2) is 213 Å². The molecule has 0 radical (unpaired) electrons. The Morgan fingerprint density at radius 1 is 0.283 bits per heavy atom. The van der Waals surface area contributed by atoms with Gasteiger partial charge in [-0.15, -0.1) is 0 Å². The third-order valence-corrected chi connectivity index (χ3v) is 12.1. The lowest BCUT2D eigenvalue weighted by Gasteiger charge is -2.15. The van der Waals surface area contributed by atoms with E-state index in [0.717, 1.165) is 39.2 Å². The van der Waals surface area contributed by atoms with Crippen LogP contribution in [0.25, 0.3) is 121 Å². The van der Waals surface area contributed by atoms with E-state index in [1.807, 2.05) is 12.3 Å². The molecule has 0 aliphatic carbocycles. The van der Waals surface area contributed by atoms with E-state index in [1.54, 1.807) is 6.20 Å². The lowest BCUT2D eigenvalue weighted by Crippen LogP contribution is -1.97. The van der Waals surface area contributed by atoms with Gasteiger partial charge in [0.1, 0.15) is 0 Å². The number of rotatable bonds is 6. The van der Waals surface area contributed by atoms with Crippen LogP contribution in [0.4, 0.5) is 0 Å². The Morgan fingerprint density at radius 3 is 1.57 bits per heavy atom. The topological polar surface area (TPSA) is 38.7 Å². The molecule has 2 heterocycles. The number of nitrogens with zero attached hydrogens (tertiary/aromatic N) is 3.